The van der Waals surface area contributed by atoms with Crippen LogP contribution >= 0.6 is 22.7 Å². The van der Waals surface area contributed by atoms with Crippen LogP contribution in [0.15, 0.2) is 65.4 Å². The van der Waals surface area contributed by atoms with Crippen LogP contribution < -0.4 is 10.6 Å². The zero-order valence-corrected chi connectivity index (χ0v) is 16.0. The fourth-order valence-electron chi connectivity index (χ4n) is 2.50. The third-order valence-corrected chi connectivity index (χ3v) is 5.57. The largest absolute Gasteiger partial charge is 0.349 e. The van der Waals surface area contributed by atoms with Crippen LogP contribution in [0.1, 0.15) is 20.1 Å². The average Bonchev–Trinajstić information content (AvgIpc) is 3.47. The fourth-order valence-corrected chi connectivity index (χ4v) is 3.79. The molecule has 8 heteroatoms. The average molecular weight is 396 g/mol. The second kappa shape index (κ2) is 8.15. The Kier molecular flexibility index (Phi) is 5.27. The van der Waals surface area contributed by atoms with Crippen molar-refractivity contribution in [1.29, 1.82) is 0 Å². The predicted molar refractivity (Wildman–Crippen MR) is 109 cm³/mol. The van der Waals surface area contributed by atoms with Gasteiger partial charge < -0.3 is 10.6 Å². The van der Waals surface area contributed by atoms with Crippen molar-refractivity contribution in [1.82, 2.24) is 14.8 Å². The van der Waals surface area contributed by atoms with Crippen LogP contribution in [-0.4, -0.2) is 20.7 Å². The number of nitrogens with zero attached hydrogens (tertiary/aromatic N) is 3. The van der Waals surface area contributed by atoms with Gasteiger partial charge in [-0.25, -0.2) is 0 Å². The number of nitrogens with one attached hydrogen (secondary N) is 2. The monoisotopic (exact) mass is 395 g/mol. The lowest BCUT2D eigenvalue weighted by molar-refractivity contribution is 0.0947. The van der Waals surface area contributed by atoms with Crippen LogP contribution in [0.2, 0.25) is 0 Å². The van der Waals surface area contributed by atoms with Crippen LogP contribution in [0.3, 0.4) is 0 Å². The van der Waals surface area contributed by atoms with Crippen molar-refractivity contribution in [3.8, 4) is 0 Å². The van der Waals surface area contributed by atoms with Gasteiger partial charge in [0.2, 0.25) is 11.9 Å². The van der Waals surface area contributed by atoms with Crippen molar-refractivity contribution in [3.05, 3.63) is 80.7 Å². The molecule has 0 spiro atoms. The van der Waals surface area contributed by atoms with E-state index in [-0.39, 0.29) is 5.91 Å². The number of carbonyl (C=O) groups is 1. The highest BCUT2D eigenvalue weighted by atomic mass is 32.1. The second-order valence-electron chi connectivity index (χ2n) is 5.71. The number of anilines is 2. The molecular formula is C19H17N5OS2. The van der Waals surface area contributed by atoms with E-state index in [1.807, 2.05) is 53.2 Å². The Morgan fingerprint density at radius 2 is 1.56 bits per heavy atom. The topological polar surface area (TPSA) is 71.8 Å². The summed E-state index contributed by atoms with van der Waals surface area (Å²) in [6.45, 7) is 1.20. The van der Waals surface area contributed by atoms with Gasteiger partial charge in [0.1, 0.15) is 0 Å². The zero-order valence-electron chi connectivity index (χ0n) is 14.3. The molecule has 27 heavy (non-hydrogen) atoms. The van der Waals surface area contributed by atoms with Crippen LogP contribution in [0.5, 0.6) is 0 Å². The summed E-state index contributed by atoms with van der Waals surface area (Å²) in [6.07, 6.45) is 0. The molecule has 0 aliphatic carbocycles. The molecule has 0 bridgehead atoms. The summed E-state index contributed by atoms with van der Waals surface area (Å²) in [5.41, 5.74) is 0.561. The summed E-state index contributed by atoms with van der Waals surface area (Å²) in [5, 5.41) is 14.8. The number of thiophene rings is 2. The normalized spacial score (nSPS) is 10.7. The molecule has 0 fully saturated rings. The van der Waals surface area contributed by atoms with E-state index in [0.29, 0.717) is 30.5 Å². The Morgan fingerprint density at radius 3 is 2.19 bits per heavy atom. The van der Waals surface area contributed by atoms with Crippen LogP contribution in [0, 0.1) is 0 Å². The molecule has 2 N–H and O–H groups in total. The van der Waals surface area contributed by atoms with E-state index in [4.69, 9.17) is 0 Å². The highest BCUT2D eigenvalue weighted by Crippen LogP contribution is 2.17. The molecule has 4 rings (SSSR count). The molecule has 0 saturated heterocycles. The fraction of sp³-hybridized carbons (Fsp3) is 0.105. The zero-order chi connectivity index (χ0) is 18.5. The van der Waals surface area contributed by atoms with Gasteiger partial charge in [0.25, 0.3) is 5.91 Å². The molecule has 4 aromatic rings. The van der Waals surface area contributed by atoms with Crippen LogP contribution in [0.4, 0.5) is 11.9 Å². The van der Waals surface area contributed by atoms with Crippen molar-refractivity contribution >= 4 is 40.5 Å². The van der Waals surface area contributed by atoms with Crippen LogP contribution in [0.25, 0.3) is 0 Å². The minimum absolute atomic E-state index is 0.221. The standard InChI is InChI=1S/C19H17N5OS2/c25-17(14-6-2-1-3-7-14)24-19(21-13-16-9-5-11-27-16)22-18(23-24)20-12-15-8-4-10-26-15/h1-11H,12-13H2,(H2,20,21,22,23). The quantitative estimate of drug-likeness (QED) is 0.488. The maximum absolute atomic E-state index is 12.9. The Morgan fingerprint density at radius 1 is 0.889 bits per heavy atom. The summed E-state index contributed by atoms with van der Waals surface area (Å²) in [7, 11) is 0. The summed E-state index contributed by atoms with van der Waals surface area (Å²) >= 11 is 3.31. The predicted octanol–water partition coefficient (Wildman–Crippen LogP) is 4.31. The highest BCUT2D eigenvalue weighted by Gasteiger charge is 2.17. The lowest BCUT2D eigenvalue weighted by Gasteiger charge is -2.06. The van der Waals surface area contributed by atoms with Gasteiger partial charge in [-0.05, 0) is 35.0 Å². The lowest BCUT2D eigenvalue weighted by Crippen LogP contribution is -2.17. The minimum atomic E-state index is -0.221. The Labute approximate surface area is 164 Å². The first-order valence-electron chi connectivity index (χ1n) is 8.39. The smallest absolute Gasteiger partial charge is 0.281 e. The van der Waals surface area contributed by atoms with E-state index in [9.17, 15) is 4.79 Å². The lowest BCUT2D eigenvalue weighted by atomic mass is 10.2. The molecule has 0 saturated carbocycles. The third-order valence-electron chi connectivity index (χ3n) is 3.82. The maximum atomic E-state index is 12.9. The molecule has 136 valence electrons. The van der Waals surface area contributed by atoms with E-state index in [1.54, 1.807) is 34.8 Å². The third kappa shape index (κ3) is 4.24. The Hall–Kier alpha value is -2.97. The maximum Gasteiger partial charge on any atom is 0.281 e. The van der Waals surface area contributed by atoms with Gasteiger partial charge in [0.15, 0.2) is 0 Å². The van der Waals surface area contributed by atoms with E-state index in [0.717, 1.165) is 4.88 Å². The molecule has 0 aliphatic rings. The van der Waals surface area contributed by atoms with E-state index < -0.39 is 0 Å². The van der Waals surface area contributed by atoms with Gasteiger partial charge in [0.05, 0.1) is 13.1 Å². The molecule has 0 amide bonds. The first kappa shape index (κ1) is 17.4. The number of rotatable bonds is 7. The number of carbonyl (C=O) groups excluding carboxylic acids is 1. The number of aromatic nitrogens is 3. The first-order valence-corrected chi connectivity index (χ1v) is 10.1. The van der Waals surface area contributed by atoms with Crippen molar-refractivity contribution in [2.45, 2.75) is 13.1 Å². The second-order valence-corrected chi connectivity index (χ2v) is 7.77. The molecule has 6 nitrogen and oxygen atoms in total. The van der Waals surface area contributed by atoms with E-state index in [2.05, 4.69) is 20.7 Å². The van der Waals surface area contributed by atoms with Crippen molar-refractivity contribution in [2.24, 2.45) is 0 Å². The number of hydrogen-bond donors (Lipinski definition) is 2. The molecule has 3 aromatic heterocycles. The van der Waals surface area contributed by atoms with Gasteiger partial charge >= 0.3 is 0 Å². The van der Waals surface area contributed by atoms with Crippen molar-refractivity contribution in [2.75, 3.05) is 10.6 Å². The number of benzene rings is 1. The van der Waals surface area contributed by atoms with Gasteiger partial charge in [-0.15, -0.1) is 27.8 Å². The SMILES string of the molecule is O=C(c1ccccc1)n1nc(NCc2cccs2)nc1NCc1cccs1. The highest BCUT2D eigenvalue weighted by molar-refractivity contribution is 7.10. The van der Waals surface area contributed by atoms with Gasteiger partial charge in [-0.3, -0.25) is 4.79 Å². The van der Waals surface area contributed by atoms with Crippen molar-refractivity contribution < 1.29 is 4.79 Å². The Bertz CT molecular complexity index is 994. The van der Waals surface area contributed by atoms with Crippen LogP contribution in [-0.2, 0) is 13.1 Å². The molecular weight excluding hydrogens is 378 g/mol. The number of hydrogen-bond acceptors (Lipinski definition) is 7. The molecule has 0 unspecified atom stereocenters. The summed E-state index contributed by atoms with van der Waals surface area (Å²) in [4.78, 5) is 19.7. The summed E-state index contributed by atoms with van der Waals surface area (Å²) in [5.74, 6) is 0.619. The Balaban J connectivity index is 1.57. The van der Waals surface area contributed by atoms with Gasteiger partial charge in [-0.1, -0.05) is 30.3 Å². The van der Waals surface area contributed by atoms with Crippen molar-refractivity contribution in [3.63, 3.8) is 0 Å². The van der Waals surface area contributed by atoms with E-state index in [1.165, 1.54) is 9.56 Å². The molecule has 0 aliphatic heterocycles. The molecule has 1 aromatic carbocycles. The summed E-state index contributed by atoms with van der Waals surface area (Å²) in [6, 6.07) is 17.2. The first-order chi connectivity index (χ1) is 13.3. The summed E-state index contributed by atoms with van der Waals surface area (Å²) < 4.78 is 1.32. The molecule has 0 atom stereocenters. The minimum Gasteiger partial charge on any atom is -0.349 e. The van der Waals surface area contributed by atoms with E-state index >= 15 is 0 Å². The van der Waals surface area contributed by atoms with Gasteiger partial charge in [-0.2, -0.15) is 9.67 Å². The molecule has 3 heterocycles. The van der Waals surface area contributed by atoms with Gasteiger partial charge in [0, 0.05) is 15.3 Å². The molecule has 0 radical (unpaired) electrons.